The molecule has 1 saturated carbocycles. The highest BCUT2D eigenvalue weighted by molar-refractivity contribution is 5.53. The van der Waals surface area contributed by atoms with Gasteiger partial charge in [0.2, 0.25) is 0 Å². The highest BCUT2D eigenvalue weighted by atomic mass is 16.5. The highest BCUT2D eigenvalue weighted by Crippen LogP contribution is 2.39. The maximum absolute atomic E-state index is 9.69. The predicted molar refractivity (Wildman–Crippen MR) is 111 cm³/mol. The van der Waals surface area contributed by atoms with Gasteiger partial charge in [-0.05, 0) is 48.4 Å². The van der Waals surface area contributed by atoms with E-state index in [4.69, 9.17) is 14.7 Å². The van der Waals surface area contributed by atoms with Crippen molar-refractivity contribution in [3.63, 3.8) is 0 Å². The van der Waals surface area contributed by atoms with E-state index in [0.717, 1.165) is 42.7 Å². The number of rotatable bonds is 7. The quantitative estimate of drug-likeness (QED) is 0.765. The summed E-state index contributed by atoms with van der Waals surface area (Å²) in [7, 11) is 1.71. The van der Waals surface area contributed by atoms with Crippen LogP contribution in [0.2, 0.25) is 0 Å². The van der Waals surface area contributed by atoms with Gasteiger partial charge in [-0.3, -0.25) is 0 Å². The van der Waals surface area contributed by atoms with E-state index in [1.54, 1.807) is 7.11 Å². The average molecular weight is 383 g/mol. The van der Waals surface area contributed by atoms with Crippen molar-refractivity contribution in [1.82, 2.24) is 9.97 Å². The van der Waals surface area contributed by atoms with Gasteiger partial charge in [-0.2, -0.15) is 0 Å². The lowest BCUT2D eigenvalue weighted by molar-refractivity contribution is 0.249. The van der Waals surface area contributed by atoms with E-state index < -0.39 is 0 Å². The molecular weight excluding hydrogens is 352 g/mol. The SMILES string of the molecule is COc1ccc2c(c1)CCN(c1cc(N[C@@H](CO)C(C)C)nc(C3CC3)n1)C2. The van der Waals surface area contributed by atoms with E-state index in [1.165, 1.54) is 24.0 Å². The maximum atomic E-state index is 9.69. The molecule has 1 aliphatic carbocycles. The van der Waals surface area contributed by atoms with Gasteiger partial charge in [0.25, 0.3) is 0 Å². The first-order chi connectivity index (χ1) is 13.6. The van der Waals surface area contributed by atoms with E-state index in [1.807, 2.05) is 12.1 Å². The second-order valence-electron chi connectivity index (χ2n) is 8.23. The normalized spacial score (nSPS) is 17.4. The number of benzene rings is 1. The van der Waals surface area contributed by atoms with Crippen molar-refractivity contribution in [3.8, 4) is 5.75 Å². The van der Waals surface area contributed by atoms with Gasteiger partial charge in [0, 0.05) is 25.1 Å². The number of anilines is 2. The van der Waals surface area contributed by atoms with E-state index in [9.17, 15) is 5.11 Å². The molecule has 2 heterocycles. The lowest BCUT2D eigenvalue weighted by atomic mass is 9.99. The molecule has 6 heteroatoms. The number of hydrogen-bond donors (Lipinski definition) is 2. The van der Waals surface area contributed by atoms with Gasteiger partial charge >= 0.3 is 0 Å². The minimum absolute atomic E-state index is 0.00986. The van der Waals surface area contributed by atoms with Gasteiger partial charge in [0.05, 0.1) is 19.8 Å². The van der Waals surface area contributed by atoms with Crippen LogP contribution in [0.25, 0.3) is 0 Å². The van der Waals surface area contributed by atoms with Gasteiger partial charge in [0.1, 0.15) is 23.2 Å². The van der Waals surface area contributed by atoms with Crippen molar-refractivity contribution in [2.24, 2.45) is 5.92 Å². The zero-order valence-corrected chi connectivity index (χ0v) is 17.0. The van der Waals surface area contributed by atoms with E-state index in [2.05, 4.69) is 36.2 Å². The summed E-state index contributed by atoms with van der Waals surface area (Å²) in [6, 6.07) is 8.35. The summed E-state index contributed by atoms with van der Waals surface area (Å²) in [5.41, 5.74) is 2.68. The smallest absolute Gasteiger partial charge is 0.136 e. The zero-order chi connectivity index (χ0) is 19.7. The second kappa shape index (κ2) is 7.95. The van der Waals surface area contributed by atoms with Crippen molar-refractivity contribution in [2.75, 3.05) is 30.5 Å². The molecule has 2 aliphatic rings. The van der Waals surface area contributed by atoms with Crippen molar-refractivity contribution in [2.45, 2.75) is 51.6 Å². The van der Waals surface area contributed by atoms with Gasteiger partial charge in [-0.15, -0.1) is 0 Å². The van der Waals surface area contributed by atoms with Crippen molar-refractivity contribution < 1.29 is 9.84 Å². The Balaban J connectivity index is 1.59. The molecule has 0 unspecified atom stereocenters. The Morgan fingerprint density at radius 1 is 1.21 bits per heavy atom. The minimum atomic E-state index is -0.00986. The zero-order valence-electron chi connectivity index (χ0n) is 17.0. The third kappa shape index (κ3) is 4.07. The van der Waals surface area contributed by atoms with Gasteiger partial charge in [-0.1, -0.05) is 19.9 Å². The highest BCUT2D eigenvalue weighted by Gasteiger charge is 2.29. The van der Waals surface area contributed by atoms with Crippen LogP contribution in [0.5, 0.6) is 5.75 Å². The van der Waals surface area contributed by atoms with E-state index >= 15 is 0 Å². The summed E-state index contributed by atoms with van der Waals surface area (Å²) in [6.07, 6.45) is 3.31. The molecule has 0 radical (unpaired) electrons. The van der Waals surface area contributed by atoms with Gasteiger partial charge < -0.3 is 20.1 Å². The molecule has 6 nitrogen and oxygen atoms in total. The number of nitrogens with one attached hydrogen (secondary N) is 1. The molecule has 0 bridgehead atoms. The molecule has 1 fully saturated rings. The number of aliphatic hydroxyl groups is 1. The summed E-state index contributed by atoms with van der Waals surface area (Å²) >= 11 is 0. The van der Waals surface area contributed by atoms with Crippen LogP contribution in [0.15, 0.2) is 24.3 Å². The molecule has 1 aromatic heterocycles. The lowest BCUT2D eigenvalue weighted by Gasteiger charge is -2.31. The maximum Gasteiger partial charge on any atom is 0.136 e. The largest absolute Gasteiger partial charge is 0.497 e. The standard InChI is InChI=1S/C22H30N4O2/c1-14(2)19(13-27)23-20-11-21(25-22(24-20)15-4-5-15)26-9-8-16-10-18(28-3)7-6-17(16)12-26/h6-7,10-11,14-15,19,27H,4-5,8-9,12-13H2,1-3H3,(H,23,24,25)/t19-/m0/s1. The Bertz CT molecular complexity index is 835. The molecule has 1 atom stereocenters. The Hall–Kier alpha value is -2.34. The summed E-state index contributed by atoms with van der Waals surface area (Å²) in [4.78, 5) is 12.0. The van der Waals surface area contributed by atoms with Crippen LogP contribution in [0.4, 0.5) is 11.6 Å². The average Bonchev–Trinajstić information content (AvgIpc) is 3.56. The summed E-state index contributed by atoms with van der Waals surface area (Å²) in [5, 5.41) is 13.1. The molecule has 1 aromatic carbocycles. The molecule has 2 N–H and O–H groups in total. The van der Waals surface area contributed by atoms with Crippen LogP contribution >= 0.6 is 0 Å². The van der Waals surface area contributed by atoms with Crippen molar-refractivity contribution in [1.29, 1.82) is 0 Å². The first-order valence-corrected chi connectivity index (χ1v) is 10.2. The molecule has 0 saturated heterocycles. The third-order valence-corrected chi connectivity index (χ3v) is 5.76. The van der Waals surface area contributed by atoms with Crippen molar-refractivity contribution >= 4 is 11.6 Å². The van der Waals surface area contributed by atoms with Crippen LogP contribution < -0.4 is 15.0 Å². The van der Waals surface area contributed by atoms with Gasteiger partial charge in [0.15, 0.2) is 0 Å². The molecule has 0 spiro atoms. The molecule has 2 aromatic rings. The Kier molecular flexibility index (Phi) is 5.40. The third-order valence-electron chi connectivity index (χ3n) is 5.76. The number of ether oxygens (including phenoxy) is 1. The Labute approximate surface area is 167 Å². The first-order valence-electron chi connectivity index (χ1n) is 10.2. The fourth-order valence-electron chi connectivity index (χ4n) is 3.68. The summed E-state index contributed by atoms with van der Waals surface area (Å²) < 4.78 is 5.36. The van der Waals surface area contributed by atoms with E-state index in [-0.39, 0.29) is 12.6 Å². The fraction of sp³-hybridized carbons (Fsp3) is 0.545. The van der Waals surface area contributed by atoms with E-state index in [0.29, 0.717) is 11.8 Å². The van der Waals surface area contributed by atoms with Crippen LogP contribution in [0, 0.1) is 5.92 Å². The first kappa shape index (κ1) is 19.0. The van der Waals surface area contributed by atoms with Crippen LogP contribution in [0.1, 0.15) is 49.6 Å². The molecular formula is C22H30N4O2. The summed E-state index contributed by atoms with van der Waals surface area (Å²) in [5.74, 6) is 4.45. The topological polar surface area (TPSA) is 70.5 Å². The number of fused-ring (bicyclic) bond motifs is 1. The van der Waals surface area contributed by atoms with Crippen molar-refractivity contribution in [3.05, 3.63) is 41.2 Å². The minimum Gasteiger partial charge on any atom is -0.497 e. The Morgan fingerprint density at radius 2 is 2.04 bits per heavy atom. The molecule has 4 rings (SSSR count). The second-order valence-corrected chi connectivity index (χ2v) is 8.23. The number of hydrogen-bond acceptors (Lipinski definition) is 6. The number of methoxy groups -OCH3 is 1. The number of nitrogens with zero attached hydrogens (tertiary/aromatic N) is 3. The molecule has 0 amide bonds. The molecule has 1 aliphatic heterocycles. The summed E-state index contributed by atoms with van der Waals surface area (Å²) in [6.45, 7) is 6.07. The number of aliphatic hydroxyl groups excluding tert-OH is 1. The van der Waals surface area contributed by atoms with Crippen LogP contribution in [-0.2, 0) is 13.0 Å². The monoisotopic (exact) mass is 382 g/mol. The predicted octanol–water partition coefficient (Wildman–Crippen LogP) is 3.35. The number of aromatic nitrogens is 2. The van der Waals surface area contributed by atoms with Gasteiger partial charge in [-0.25, -0.2) is 9.97 Å². The molecule has 28 heavy (non-hydrogen) atoms. The van der Waals surface area contributed by atoms with Crippen LogP contribution in [0.3, 0.4) is 0 Å². The Morgan fingerprint density at radius 3 is 2.71 bits per heavy atom. The molecule has 150 valence electrons. The lowest BCUT2D eigenvalue weighted by Crippen LogP contribution is -2.32. The fourth-order valence-corrected chi connectivity index (χ4v) is 3.68. The van der Waals surface area contributed by atoms with Crippen LogP contribution in [-0.4, -0.2) is 41.4 Å².